The molecule has 0 radical (unpaired) electrons. The van der Waals surface area contributed by atoms with Crippen molar-refractivity contribution in [2.45, 2.75) is 57.6 Å². The summed E-state index contributed by atoms with van der Waals surface area (Å²) >= 11 is 0. The number of hydrogen-bond acceptors (Lipinski definition) is 4. The van der Waals surface area contributed by atoms with E-state index in [0.29, 0.717) is 23.2 Å². The standard InChI is InChI=1S/C21H27N3O4/c1-3-28-17-12-16(21(17)9-5-4-6-10-21)24(2)20(27)13-7-8-14-15(11-13)23-19(26)18(25)22-14/h7-8,11,16-17H,3-6,9-10,12H2,1-2H3,(H,22,25)(H,23,26). The first-order chi connectivity index (χ1) is 13.5. The van der Waals surface area contributed by atoms with Gasteiger partial charge >= 0.3 is 11.1 Å². The van der Waals surface area contributed by atoms with Crippen LogP contribution in [0.1, 0.15) is 55.8 Å². The molecule has 2 aliphatic rings. The van der Waals surface area contributed by atoms with Gasteiger partial charge in [0.1, 0.15) is 0 Å². The van der Waals surface area contributed by atoms with Crippen molar-refractivity contribution in [3.63, 3.8) is 0 Å². The molecule has 1 heterocycles. The van der Waals surface area contributed by atoms with Gasteiger partial charge in [-0.3, -0.25) is 14.4 Å². The summed E-state index contributed by atoms with van der Waals surface area (Å²) in [5.74, 6) is -0.0705. The normalized spacial score (nSPS) is 23.5. The minimum atomic E-state index is -0.717. The van der Waals surface area contributed by atoms with Gasteiger partial charge in [-0.2, -0.15) is 0 Å². The third-order valence-corrected chi connectivity index (χ3v) is 6.65. The molecule has 2 N–H and O–H groups in total. The zero-order chi connectivity index (χ0) is 19.9. The first-order valence-corrected chi connectivity index (χ1v) is 10.1. The molecule has 7 heteroatoms. The molecule has 2 fully saturated rings. The predicted octanol–water partition coefficient (Wildman–Crippen LogP) is 2.42. The fourth-order valence-corrected chi connectivity index (χ4v) is 5.16. The topological polar surface area (TPSA) is 95.3 Å². The molecule has 2 atom stereocenters. The molecule has 7 nitrogen and oxygen atoms in total. The summed E-state index contributed by atoms with van der Waals surface area (Å²) in [4.78, 5) is 43.2. The fourth-order valence-electron chi connectivity index (χ4n) is 5.16. The summed E-state index contributed by atoms with van der Waals surface area (Å²) in [7, 11) is 1.87. The second-order valence-corrected chi connectivity index (χ2v) is 8.07. The Kier molecular flexibility index (Phi) is 4.87. The number of aromatic nitrogens is 2. The molecular weight excluding hydrogens is 358 g/mol. The van der Waals surface area contributed by atoms with Crippen LogP contribution < -0.4 is 11.1 Å². The van der Waals surface area contributed by atoms with Crippen molar-refractivity contribution in [3.8, 4) is 0 Å². The number of hydrogen-bond donors (Lipinski definition) is 2. The highest BCUT2D eigenvalue weighted by Gasteiger charge is 2.57. The highest BCUT2D eigenvalue weighted by Crippen LogP contribution is 2.55. The Labute approximate surface area is 163 Å². The second-order valence-electron chi connectivity index (χ2n) is 8.07. The number of amides is 1. The third kappa shape index (κ3) is 2.98. The number of nitrogens with one attached hydrogen (secondary N) is 2. The Bertz CT molecular complexity index is 1000. The van der Waals surface area contributed by atoms with E-state index < -0.39 is 11.1 Å². The molecule has 0 saturated heterocycles. The van der Waals surface area contributed by atoms with E-state index in [1.165, 1.54) is 19.3 Å². The molecule has 2 saturated carbocycles. The number of aromatic amines is 2. The zero-order valence-corrected chi connectivity index (χ0v) is 16.4. The maximum absolute atomic E-state index is 13.2. The van der Waals surface area contributed by atoms with Crippen molar-refractivity contribution in [2.24, 2.45) is 5.41 Å². The quantitative estimate of drug-likeness (QED) is 0.790. The van der Waals surface area contributed by atoms with E-state index in [-0.39, 0.29) is 23.5 Å². The predicted molar refractivity (Wildman–Crippen MR) is 107 cm³/mol. The Morgan fingerprint density at radius 3 is 2.50 bits per heavy atom. The Morgan fingerprint density at radius 2 is 1.82 bits per heavy atom. The molecule has 2 aromatic rings. The van der Waals surface area contributed by atoms with Crippen LogP contribution in [0.2, 0.25) is 0 Å². The average Bonchev–Trinajstić information content (AvgIpc) is 2.71. The van der Waals surface area contributed by atoms with Gasteiger partial charge in [0.15, 0.2) is 0 Å². The Hall–Kier alpha value is -2.41. The highest BCUT2D eigenvalue weighted by molar-refractivity contribution is 5.97. The maximum atomic E-state index is 13.2. The van der Waals surface area contributed by atoms with Crippen LogP contribution in [0.3, 0.4) is 0 Å². The second kappa shape index (κ2) is 7.20. The molecular formula is C21H27N3O4. The minimum Gasteiger partial charge on any atom is -0.378 e. The van der Waals surface area contributed by atoms with Crippen molar-refractivity contribution in [1.82, 2.24) is 14.9 Å². The van der Waals surface area contributed by atoms with Crippen molar-refractivity contribution >= 4 is 16.9 Å². The molecule has 1 amide bonds. The monoisotopic (exact) mass is 385 g/mol. The van der Waals surface area contributed by atoms with Crippen LogP contribution in [0.4, 0.5) is 0 Å². The van der Waals surface area contributed by atoms with Gasteiger partial charge in [0.25, 0.3) is 5.91 Å². The lowest BCUT2D eigenvalue weighted by molar-refractivity contribution is -0.170. The summed E-state index contributed by atoms with van der Waals surface area (Å²) in [6, 6.07) is 5.16. The molecule has 1 aromatic heterocycles. The van der Waals surface area contributed by atoms with Crippen LogP contribution in [0.5, 0.6) is 0 Å². The zero-order valence-electron chi connectivity index (χ0n) is 16.4. The summed E-state index contributed by atoms with van der Waals surface area (Å²) < 4.78 is 6.01. The average molecular weight is 385 g/mol. The van der Waals surface area contributed by atoms with Gasteiger partial charge < -0.3 is 19.6 Å². The van der Waals surface area contributed by atoms with E-state index >= 15 is 0 Å². The van der Waals surface area contributed by atoms with Gasteiger partial charge in [-0.25, -0.2) is 0 Å². The summed E-state index contributed by atoms with van der Waals surface area (Å²) in [6.07, 6.45) is 6.93. The molecule has 4 rings (SSSR count). The molecule has 1 aromatic carbocycles. The summed E-state index contributed by atoms with van der Waals surface area (Å²) in [5.41, 5.74) is 0.118. The van der Waals surface area contributed by atoms with Crippen molar-refractivity contribution in [3.05, 3.63) is 44.5 Å². The lowest BCUT2D eigenvalue weighted by Gasteiger charge is -2.60. The largest absolute Gasteiger partial charge is 0.378 e. The number of ether oxygens (including phenoxy) is 1. The lowest BCUT2D eigenvalue weighted by atomic mass is 9.54. The van der Waals surface area contributed by atoms with Gasteiger partial charge in [-0.05, 0) is 44.4 Å². The van der Waals surface area contributed by atoms with E-state index in [1.54, 1.807) is 18.2 Å². The molecule has 28 heavy (non-hydrogen) atoms. The summed E-state index contributed by atoms with van der Waals surface area (Å²) in [6.45, 7) is 2.73. The number of carbonyl (C=O) groups excluding carboxylic acids is 1. The van der Waals surface area contributed by atoms with Gasteiger partial charge in [-0.1, -0.05) is 19.3 Å². The number of benzene rings is 1. The van der Waals surface area contributed by atoms with Crippen LogP contribution in [0, 0.1) is 5.41 Å². The summed E-state index contributed by atoms with van der Waals surface area (Å²) in [5, 5.41) is 0. The van der Waals surface area contributed by atoms with Crippen LogP contribution in [-0.2, 0) is 4.74 Å². The number of rotatable bonds is 4. The fraction of sp³-hybridized carbons (Fsp3) is 0.571. The first-order valence-electron chi connectivity index (χ1n) is 10.1. The number of nitrogens with zero attached hydrogens (tertiary/aromatic N) is 1. The van der Waals surface area contributed by atoms with E-state index in [0.717, 1.165) is 19.3 Å². The molecule has 0 aliphatic heterocycles. The Morgan fingerprint density at radius 1 is 1.14 bits per heavy atom. The molecule has 1 spiro atoms. The van der Waals surface area contributed by atoms with E-state index in [2.05, 4.69) is 9.97 Å². The van der Waals surface area contributed by atoms with Crippen molar-refractivity contribution in [1.29, 1.82) is 0 Å². The first kappa shape index (κ1) is 18.9. The highest BCUT2D eigenvalue weighted by atomic mass is 16.5. The third-order valence-electron chi connectivity index (χ3n) is 6.65. The van der Waals surface area contributed by atoms with Gasteiger partial charge in [0, 0.05) is 30.7 Å². The molecule has 150 valence electrons. The maximum Gasteiger partial charge on any atom is 0.314 e. The van der Waals surface area contributed by atoms with E-state index in [4.69, 9.17) is 4.74 Å². The Balaban J connectivity index is 1.61. The van der Waals surface area contributed by atoms with Crippen molar-refractivity contribution < 1.29 is 9.53 Å². The van der Waals surface area contributed by atoms with Gasteiger partial charge in [-0.15, -0.1) is 0 Å². The van der Waals surface area contributed by atoms with Crippen LogP contribution in [-0.4, -0.2) is 46.6 Å². The van der Waals surface area contributed by atoms with E-state index in [9.17, 15) is 14.4 Å². The van der Waals surface area contributed by atoms with Crippen molar-refractivity contribution in [2.75, 3.05) is 13.7 Å². The molecule has 2 unspecified atom stereocenters. The van der Waals surface area contributed by atoms with Gasteiger partial charge in [0.2, 0.25) is 0 Å². The van der Waals surface area contributed by atoms with Crippen LogP contribution in [0.15, 0.2) is 27.8 Å². The lowest BCUT2D eigenvalue weighted by Crippen LogP contribution is -2.65. The van der Waals surface area contributed by atoms with E-state index in [1.807, 2.05) is 18.9 Å². The minimum absolute atomic E-state index is 0.0646. The molecule has 2 aliphatic carbocycles. The molecule has 0 bridgehead atoms. The number of H-pyrrole nitrogens is 2. The SMILES string of the molecule is CCOC1CC(N(C)C(=O)c2ccc3[nH]c(=O)c(=O)[nH]c3c2)C12CCCCC2. The van der Waals surface area contributed by atoms with Crippen LogP contribution in [0.25, 0.3) is 11.0 Å². The number of carbonyl (C=O) groups is 1. The number of fused-ring (bicyclic) bond motifs is 1. The smallest absolute Gasteiger partial charge is 0.314 e. The van der Waals surface area contributed by atoms with Crippen LogP contribution >= 0.6 is 0 Å². The van der Waals surface area contributed by atoms with Gasteiger partial charge in [0.05, 0.1) is 17.1 Å².